The zero-order chi connectivity index (χ0) is 11.3. The molecule has 3 nitrogen and oxygen atoms in total. The van der Waals surface area contributed by atoms with Crippen LogP contribution in [0.1, 0.15) is 46.0 Å². The Kier molecular flexibility index (Phi) is 5.03. The van der Waals surface area contributed by atoms with Gasteiger partial charge in [0.25, 0.3) is 0 Å². The van der Waals surface area contributed by atoms with Gasteiger partial charge in [0.15, 0.2) is 0 Å². The summed E-state index contributed by atoms with van der Waals surface area (Å²) in [4.78, 5) is 2.35. The van der Waals surface area contributed by atoms with E-state index in [1.165, 1.54) is 19.3 Å². The molecule has 0 saturated carbocycles. The molecule has 2 atom stereocenters. The number of nitrogens with zero attached hydrogens (tertiary/aromatic N) is 1. The Labute approximate surface area is 93.1 Å². The van der Waals surface area contributed by atoms with Crippen molar-refractivity contribution in [1.82, 2.24) is 4.90 Å². The summed E-state index contributed by atoms with van der Waals surface area (Å²) in [6.07, 6.45) is 5.28. The van der Waals surface area contributed by atoms with Crippen LogP contribution in [0.4, 0.5) is 0 Å². The largest absolute Gasteiger partial charge is 0.396 e. The minimum Gasteiger partial charge on any atom is -0.396 e. The minimum atomic E-state index is -0.578. The van der Waals surface area contributed by atoms with Crippen molar-refractivity contribution in [2.75, 3.05) is 19.7 Å². The van der Waals surface area contributed by atoms with Gasteiger partial charge in [0.05, 0.1) is 5.60 Å². The molecule has 90 valence electrons. The molecule has 0 aromatic rings. The van der Waals surface area contributed by atoms with Crippen molar-refractivity contribution < 1.29 is 10.2 Å². The Morgan fingerprint density at radius 3 is 2.73 bits per heavy atom. The normalized spacial score (nSPS) is 27.6. The van der Waals surface area contributed by atoms with Gasteiger partial charge in [-0.2, -0.15) is 0 Å². The van der Waals surface area contributed by atoms with Crippen LogP contribution in [0.3, 0.4) is 0 Å². The van der Waals surface area contributed by atoms with Gasteiger partial charge in [-0.25, -0.2) is 0 Å². The van der Waals surface area contributed by atoms with E-state index >= 15 is 0 Å². The van der Waals surface area contributed by atoms with E-state index in [1.54, 1.807) is 0 Å². The standard InChI is InChI=1S/C12H25NO2/c1-3-12(2,15)10-13-8-5-4-6-11(13)7-9-14/h11,14-15H,3-10H2,1-2H3. The van der Waals surface area contributed by atoms with Crippen molar-refractivity contribution in [1.29, 1.82) is 0 Å². The topological polar surface area (TPSA) is 43.7 Å². The maximum absolute atomic E-state index is 10.1. The first kappa shape index (κ1) is 12.9. The van der Waals surface area contributed by atoms with E-state index in [-0.39, 0.29) is 6.61 Å². The molecule has 0 aromatic carbocycles. The van der Waals surface area contributed by atoms with Crippen LogP contribution < -0.4 is 0 Å². The second kappa shape index (κ2) is 5.83. The summed E-state index contributed by atoms with van der Waals surface area (Å²) in [5, 5.41) is 19.1. The van der Waals surface area contributed by atoms with Crippen LogP contribution in [0, 0.1) is 0 Å². The van der Waals surface area contributed by atoms with E-state index in [2.05, 4.69) is 4.90 Å². The van der Waals surface area contributed by atoms with Crippen LogP contribution >= 0.6 is 0 Å². The van der Waals surface area contributed by atoms with Crippen molar-refractivity contribution in [2.45, 2.75) is 57.6 Å². The van der Waals surface area contributed by atoms with Crippen LogP contribution in [-0.2, 0) is 0 Å². The lowest BCUT2D eigenvalue weighted by molar-refractivity contribution is -0.0102. The molecule has 2 N–H and O–H groups in total. The molecule has 1 aliphatic heterocycles. The predicted octanol–water partition coefficient (Wildman–Crippen LogP) is 1.38. The molecule has 0 aliphatic carbocycles. The molecule has 0 aromatic heterocycles. The molecule has 1 rings (SSSR count). The second-order valence-electron chi connectivity index (χ2n) is 4.98. The Balaban J connectivity index is 2.48. The summed E-state index contributed by atoms with van der Waals surface area (Å²) < 4.78 is 0. The van der Waals surface area contributed by atoms with E-state index in [9.17, 15) is 5.11 Å². The van der Waals surface area contributed by atoms with Crippen molar-refractivity contribution in [3.63, 3.8) is 0 Å². The van der Waals surface area contributed by atoms with Gasteiger partial charge in [-0.15, -0.1) is 0 Å². The summed E-state index contributed by atoms with van der Waals surface area (Å²) in [6, 6.07) is 0.474. The highest BCUT2D eigenvalue weighted by molar-refractivity contribution is 4.83. The molecule has 0 radical (unpaired) electrons. The lowest BCUT2D eigenvalue weighted by Gasteiger charge is -2.39. The molecule has 1 saturated heterocycles. The summed E-state index contributed by atoms with van der Waals surface area (Å²) in [5.74, 6) is 0. The number of β-amino-alcohol motifs (C(OH)–C–C–N with tert-alkyl or cyclic N) is 1. The molecule has 1 aliphatic rings. The summed E-state index contributed by atoms with van der Waals surface area (Å²) >= 11 is 0. The van der Waals surface area contributed by atoms with Crippen molar-refractivity contribution in [3.05, 3.63) is 0 Å². The molecule has 0 bridgehead atoms. The van der Waals surface area contributed by atoms with Crippen molar-refractivity contribution in [2.24, 2.45) is 0 Å². The van der Waals surface area contributed by atoms with Gasteiger partial charge in [0.1, 0.15) is 0 Å². The third-order valence-corrected chi connectivity index (χ3v) is 3.52. The monoisotopic (exact) mass is 215 g/mol. The average Bonchev–Trinajstić information content (AvgIpc) is 2.21. The number of likely N-dealkylation sites (tertiary alicyclic amines) is 1. The van der Waals surface area contributed by atoms with Crippen LogP contribution in [0.2, 0.25) is 0 Å². The molecule has 15 heavy (non-hydrogen) atoms. The van der Waals surface area contributed by atoms with Gasteiger partial charge in [0.2, 0.25) is 0 Å². The number of piperidine rings is 1. The molecule has 2 unspecified atom stereocenters. The van der Waals surface area contributed by atoms with Crippen LogP contribution in [0.5, 0.6) is 0 Å². The summed E-state index contributed by atoms with van der Waals surface area (Å²) in [7, 11) is 0. The predicted molar refractivity (Wildman–Crippen MR) is 61.8 cm³/mol. The molecule has 1 fully saturated rings. The number of rotatable bonds is 5. The quantitative estimate of drug-likeness (QED) is 0.728. The first-order valence-corrected chi connectivity index (χ1v) is 6.16. The van der Waals surface area contributed by atoms with Crippen LogP contribution in [0.15, 0.2) is 0 Å². The fourth-order valence-electron chi connectivity index (χ4n) is 2.29. The van der Waals surface area contributed by atoms with Gasteiger partial charge in [-0.3, -0.25) is 4.90 Å². The molecule has 0 spiro atoms. The van der Waals surface area contributed by atoms with Gasteiger partial charge in [-0.05, 0) is 39.2 Å². The van der Waals surface area contributed by atoms with Gasteiger partial charge in [-0.1, -0.05) is 13.3 Å². The first-order valence-electron chi connectivity index (χ1n) is 6.16. The number of hydrogen-bond acceptors (Lipinski definition) is 3. The Bertz CT molecular complexity index is 180. The third kappa shape index (κ3) is 4.09. The molecule has 3 heteroatoms. The maximum atomic E-state index is 10.1. The van der Waals surface area contributed by atoms with E-state index in [1.807, 2.05) is 13.8 Å². The smallest absolute Gasteiger partial charge is 0.0743 e. The van der Waals surface area contributed by atoms with Crippen molar-refractivity contribution in [3.8, 4) is 0 Å². The second-order valence-corrected chi connectivity index (χ2v) is 4.98. The molecule has 1 heterocycles. The highest BCUT2D eigenvalue weighted by atomic mass is 16.3. The zero-order valence-corrected chi connectivity index (χ0v) is 10.1. The van der Waals surface area contributed by atoms with Gasteiger partial charge in [0, 0.05) is 19.2 Å². The Morgan fingerprint density at radius 2 is 2.13 bits per heavy atom. The Hall–Kier alpha value is -0.120. The van der Waals surface area contributed by atoms with Gasteiger partial charge >= 0.3 is 0 Å². The minimum absolute atomic E-state index is 0.259. The van der Waals surface area contributed by atoms with Crippen LogP contribution in [0.25, 0.3) is 0 Å². The lowest BCUT2D eigenvalue weighted by atomic mass is 9.95. The number of hydrogen-bond donors (Lipinski definition) is 2. The SMILES string of the molecule is CCC(C)(O)CN1CCCCC1CCO. The molecular formula is C12H25NO2. The number of aliphatic hydroxyl groups is 2. The Morgan fingerprint density at radius 1 is 1.40 bits per heavy atom. The average molecular weight is 215 g/mol. The summed E-state index contributed by atoms with van der Waals surface area (Å²) in [6.45, 7) is 5.99. The fraction of sp³-hybridized carbons (Fsp3) is 1.00. The van der Waals surface area contributed by atoms with Gasteiger partial charge < -0.3 is 10.2 Å². The third-order valence-electron chi connectivity index (χ3n) is 3.52. The van der Waals surface area contributed by atoms with E-state index < -0.39 is 5.60 Å². The lowest BCUT2D eigenvalue weighted by Crippen LogP contribution is -2.48. The van der Waals surface area contributed by atoms with E-state index in [0.717, 1.165) is 25.9 Å². The van der Waals surface area contributed by atoms with Crippen LogP contribution in [-0.4, -0.2) is 46.5 Å². The van der Waals surface area contributed by atoms with E-state index in [4.69, 9.17) is 5.11 Å². The highest BCUT2D eigenvalue weighted by Gasteiger charge is 2.28. The maximum Gasteiger partial charge on any atom is 0.0743 e. The highest BCUT2D eigenvalue weighted by Crippen LogP contribution is 2.22. The van der Waals surface area contributed by atoms with E-state index in [0.29, 0.717) is 6.04 Å². The summed E-state index contributed by atoms with van der Waals surface area (Å²) in [5.41, 5.74) is -0.578. The zero-order valence-electron chi connectivity index (χ0n) is 10.1. The number of aliphatic hydroxyl groups excluding tert-OH is 1. The molecule has 0 amide bonds. The fourth-order valence-corrected chi connectivity index (χ4v) is 2.29. The van der Waals surface area contributed by atoms with Crippen molar-refractivity contribution >= 4 is 0 Å². The molecular weight excluding hydrogens is 190 g/mol. The first-order chi connectivity index (χ1) is 7.09.